The van der Waals surface area contributed by atoms with E-state index in [1.54, 1.807) is 7.11 Å². The molecule has 0 N–H and O–H groups in total. The summed E-state index contributed by atoms with van der Waals surface area (Å²) in [6.07, 6.45) is 3.59. The summed E-state index contributed by atoms with van der Waals surface area (Å²) in [4.78, 5) is 10.7. The molecule has 1 rings (SSSR count). The van der Waals surface area contributed by atoms with Crippen LogP contribution in [0, 0.1) is 6.92 Å². The van der Waals surface area contributed by atoms with Crippen LogP contribution in [0.3, 0.4) is 0 Å². The molecule has 0 bridgehead atoms. The first kappa shape index (κ1) is 13.3. The van der Waals surface area contributed by atoms with Gasteiger partial charge in [0.15, 0.2) is 0 Å². The number of hydrogen-bond donors (Lipinski definition) is 0. The van der Waals surface area contributed by atoms with Crippen LogP contribution in [-0.4, -0.2) is 19.2 Å². The Morgan fingerprint density at radius 2 is 2.12 bits per heavy atom. The summed E-state index contributed by atoms with van der Waals surface area (Å²) in [6.45, 7) is 5.25. The van der Waals surface area contributed by atoms with Gasteiger partial charge in [-0.05, 0) is 43.2 Å². The second-order valence-corrected chi connectivity index (χ2v) is 3.90. The topological polar surface area (TPSA) is 35.5 Å². The van der Waals surface area contributed by atoms with Crippen LogP contribution in [0.15, 0.2) is 24.3 Å². The molecule has 1 atom stereocenters. The summed E-state index contributed by atoms with van der Waals surface area (Å²) in [5, 5.41) is 0. The Morgan fingerprint density at radius 3 is 2.65 bits per heavy atom. The van der Waals surface area contributed by atoms with E-state index in [9.17, 15) is 4.79 Å². The van der Waals surface area contributed by atoms with Crippen molar-refractivity contribution in [2.45, 2.75) is 26.9 Å². The monoisotopic (exact) mass is 234 g/mol. The Hall–Kier alpha value is -1.77. The Morgan fingerprint density at radius 1 is 1.41 bits per heavy atom. The van der Waals surface area contributed by atoms with Gasteiger partial charge < -0.3 is 9.47 Å². The van der Waals surface area contributed by atoms with Crippen molar-refractivity contribution in [3.63, 3.8) is 0 Å². The van der Waals surface area contributed by atoms with Gasteiger partial charge in [0.2, 0.25) is 0 Å². The number of methoxy groups -OCH3 is 1. The third-order valence-corrected chi connectivity index (χ3v) is 2.38. The molecule has 1 aromatic rings. The van der Waals surface area contributed by atoms with Crippen LogP contribution < -0.4 is 4.74 Å². The highest BCUT2D eigenvalue weighted by molar-refractivity contribution is 5.66. The summed E-state index contributed by atoms with van der Waals surface area (Å²) in [7, 11) is 1.65. The molecule has 3 nitrogen and oxygen atoms in total. The highest BCUT2D eigenvalue weighted by Crippen LogP contribution is 2.18. The molecular weight excluding hydrogens is 216 g/mol. The average molecular weight is 234 g/mol. The third kappa shape index (κ3) is 4.31. The maximum atomic E-state index is 10.7. The number of hydrogen-bond acceptors (Lipinski definition) is 3. The number of esters is 1. The lowest BCUT2D eigenvalue weighted by Gasteiger charge is -2.07. The molecule has 0 heterocycles. The van der Waals surface area contributed by atoms with Crippen LogP contribution >= 0.6 is 0 Å². The first-order valence-corrected chi connectivity index (χ1v) is 5.53. The van der Waals surface area contributed by atoms with E-state index in [0.29, 0.717) is 0 Å². The van der Waals surface area contributed by atoms with Crippen LogP contribution in [-0.2, 0) is 9.53 Å². The number of rotatable bonds is 4. The lowest BCUT2D eigenvalue weighted by Crippen LogP contribution is -2.08. The highest BCUT2D eigenvalue weighted by atomic mass is 16.5. The molecule has 0 aliphatic heterocycles. The molecule has 17 heavy (non-hydrogen) atoms. The van der Waals surface area contributed by atoms with E-state index in [1.807, 2.05) is 44.2 Å². The van der Waals surface area contributed by atoms with Gasteiger partial charge in [0, 0.05) is 6.92 Å². The van der Waals surface area contributed by atoms with Crippen LogP contribution in [0.4, 0.5) is 0 Å². The normalized spacial score (nSPS) is 12.5. The minimum Gasteiger partial charge on any atom is -0.497 e. The molecule has 0 aliphatic rings. The van der Waals surface area contributed by atoms with E-state index in [4.69, 9.17) is 9.47 Å². The minimum absolute atomic E-state index is 0.214. The standard InChI is InChI=1S/C14H18O3/c1-10-9-14(16-4)8-7-13(10)6-5-11(2)17-12(3)15/h5-9,11H,1-4H3/b6-5+/t11-/m1/s1. The average Bonchev–Trinajstić information content (AvgIpc) is 2.26. The second-order valence-electron chi connectivity index (χ2n) is 3.90. The van der Waals surface area contributed by atoms with Crippen LogP contribution in [0.5, 0.6) is 5.75 Å². The summed E-state index contributed by atoms with van der Waals surface area (Å²) in [5.41, 5.74) is 2.21. The molecule has 0 saturated carbocycles. The zero-order chi connectivity index (χ0) is 12.8. The highest BCUT2D eigenvalue weighted by Gasteiger charge is 2.01. The van der Waals surface area contributed by atoms with Crippen molar-refractivity contribution >= 4 is 12.0 Å². The Labute approximate surface area is 102 Å². The van der Waals surface area contributed by atoms with Gasteiger partial charge in [-0.15, -0.1) is 0 Å². The smallest absolute Gasteiger partial charge is 0.303 e. The molecule has 0 unspecified atom stereocenters. The van der Waals surface area contributed by atoms with Gasteiger partial charge in [0.1, 0.15) is 11.9 Å². The van der Waals surface area contributed by atoms with E-state index in [2.05, 4.69) is 0 Å². The predicted octanol–water partition coefficient (Wildman–Crippen LogP) is 2.97. The molecule has 0 fully saturated rings. The van der Waals surface area contributed by atoms with Crippen LogP contribution in [0.25, 0.3) is 6.08 Å². The molecular formula is C14H18O3. The summed E-state index contributed by atoms with van der Waals surface area (Å²) in [6, 6.07) is 5.85. The van der Waals surface area contributed by atoms with Crippen molar-refractivity contribution in [1.82, 2.24) is 0 Å². The summed E-state index contributed by atoms with van der Waals surface area (Å²) >= 11 is 0. The van der Waals surface area contributed by atoms with E-state index >= 15 is 0 Å². The van der Waals surface area contributed by atoms with Crippen molar-refractivity contribution in [3.8, 4) is 5.75 Å². The predicted molar refractivity (Wildman–Crippen MR) is 68.0 cm³/mol. The number of carbonyl (C=O) groups is 1. The maximum absolute atomic E-state index is 10.7. The second kappa shape index (κ2) is 6.09. The van der Waals surface area contributed by atoms with Gasteiger partial charge in [0.05, 0.1) is 7.11 Å². The number of benzene rings is 1. The first-order valence-electron chi connectivity index (χ1n) is 5.53. The number of aryl methyl sites for hydroxylation is 1. The number of ether oxygens (including phenoxy) is 2. The molecule has 0 amide bonds. The zero-order valence-corrected chi connectivity index (χ0v) is 10.7. The number of carbonyl (C=O) groups excluding carboxylic acids is 1. The SMILES string of the molecule is COc1ccc(/C=C/[C@@H](C)OC(C)=O)c(C)c1. The lowest BCUT2D eigenvalue weighted by atomic mass is 10.1. The molecule has 1 aromatic carbocycles. The molecule has 3 heteroatoms. The fourth-order valence-corrected chi connectivity index (χ4v) is 1.50. The van der Waals surface area contributed by atoms with Crippen molar-refractivity contribution in [2.24, 2.45) is 0 Å². The summed E-state index contributed by atoms with van der Waals surface area (Å²) in [5.74, 6) is 0.571. The fraction of sp³-hybridized carbons (Fsp3) is 0.357. The van der Waals surface area contributed by atoms with Crippen LogP contribution in [0.2, 0.25) is 0 Å². The van der Waals surface area contributed by atoms with E-state index in [0.717, 1.165) is 16.9 Å². The van der Waals surface area contributed by atoms with E-state index < -0.39 is 0 Å². The third-order valence-electron chi connectivity index (χ3n) is 2.38. The Balaban J connectivity index is 2.74. The van der Waals surface area contributed by atoms with Gasteiger partial charge in [-0.1, -0.05) is 12.1 Å². The lowest BCUT2D eigenvalue weighted by molar-refractivity contribution is -0.143. The Kier molecular flexibility index (Phi) is 4.76. The van der Waals surface area contributed by atoms with Crippen LogP contribution in [0.1, 0.15) is 25.0 Å². The summed E-state index contributed by atoms with van der Waals surface area (Å²) < 4.78 is 10.1. The molecule has 92 valence electrons. The first-order chi connectivity index (χ1) is 8.02. The minimum atomic E-state index is -0.270. The fourth-order valence-electron chi connectivity index (χ4n) is 1.50. The molecule has 0 saturated heterocycles. The molecule has 0 aliphatic carbocycles. The van der Waals surface area contributed by atoms with Crippen molar-refractivity contribution in [1.29, 1.82) is 0 Å². The zero-order valence-electron chi connectivity index (χ0n) is 10.7. The largest absolute Gasteiger partial charge is 0.497 e. The van der Waals surface area contributed by atoms with Crippen molar-refractivity contribution < 1.29 is 14.3 Å². The molecule has 0 radical (unpaired) electrons. The van der Waals surface area contributed by atoms with Gasteiger partial charge in [-0.25, -0.2) is 0 Å². The van der Waals surface area contributed by atoms with Crippen molar-refractivity contribution in [3.05, 3.63) is 35.4 Å². The van der Waals surface area contributed by atoms with E-state index in [1.165, 1.54) is 6.92 Å². The maximum Gasteiger partial charge on any atom is 0.303 e. The van der Waals surface area contributed by atoms with Gasteiger partial charge in [0.25, 0.3) is 0 Å². The van der Waals surface area contributed by atoms with Gasteiger partial charge >= 0.3 is 5.97 Å². The quantitative estimate of drug-likeness (QED) is 0.751. The van der Waals surface area contributed by atoms with Gasteiger partial charge in [-0.3, -0.25) is 4.79 Å². The van der Waals surface area contributed by atoms with Crippen molar-refractivity contribution in [2.75, 3.05) is 7.11 Å². The van der Waals surface area contributed by atoms with E-state index in [-0.39, 0.29) is 12.1 Å². The molecule has 0 spiro atoms. The molecule has 0 aromatic heterocycles. The van der Waals surface area contributed by atoms with Gasteiger partial charge in [-0.2, -0.15) is 0 Å². The Bertz CT molecular complexity index is 421.